The maximum absolute atomic E-state index is 4.79. The highest BCUT2D eigenvalue weighted by Gasteiger charge is 2.51. The first-order valence-corrected chi connectivity index (χ1v) is 9.20. The first kappa shape index (κ1) is 15.9. The molecule has 4 aliphatic rings. The van der Waals surface area contributed by atoms with E-state index in [0.29, 0.717) is 0 Å². The lowest BCUT2D eigenvalue weighted by Crippen LogP contribution is -2.74. The monoisotopic (exact) mass is 345 g/mol. The summed E-state index contributed by atoms with van der Waals surface area (Å²) in [5.41, 5.74) is 3.41. The van der Waals surface area contributed by atoms with Gasteiger partial charge in [-0.05, 0) is 11.1 Å². The maximum Gasteiger partial charge on any atom is 0.0802 e. The Morgan fingerprint density at radius 2 is 1.31 bits per heavy atom. The summed E-state index contributed by atoms with van der Waals surface area (Å²) in [6.07, 6.45) is 1.85. The van der Waals surface area contributed by atoms with Gasteiger partial charge in [-0.2, -0.15) is 10.2 Å². The Bertz CT molecular complexity index is 793. The van der Waals surface area contributed by atoms with Crippen LogP contribution < -0.4 is 0 Å². The smallest absolute Gasteiger partial charge is 0.0802 e. The van der Waals surface area contributed by atoms with Gasteiger partial charge < -0.3 is 0 Å². The van der Waals surface area contributed by atoms with Crippen LogP contribution in [0.15, 0.2) is 70.9 Å². The average Bonchev–Trinajstić information content (AvgIpc) is 2.65. The van der Waals surface area contributed by atoms with Crippen molar-refractivity contribution in [1.82, 2.24) is 14.7 Å². The molecule has 0 saturated carbocycles. The van der Waals surface area contributed by atoms with Gasteiger partial charge in [-0.3, -0.25) is 14.7 Å². The van der Waals surface area contributed by atoms with Crippen LogP contribution in [-0.2, 0) is 0 Å². The minimum absolute atomic E-state index is 0.0319. The molecule has 132 valence electrons. The van der Waals surface area contributed by atoms with E-state index >= 15 is 0 Å². The minimum atomic E-state index is 0.0319. The van der Waals surface area contributed by atoms with Gasteiger partial charge in [0.15, 0.2) is 0 Å². The number of nitrogens with zero attached hydrogens (tertiary/aromatic N) is 5. The van der Waals surface area contributed by atoms with Gasteiger partial charge in [0.25, 0.3) is 0 Å². The lowest BCUT2D eigenvalue weighted by Gasteiger charge is -2.60. The van der Waals surface area contributed by atoms with Crippen molar-refractivity contribution < 1.29 is 0 Å². The third kappa shape index (κ3) is 2.88. The van der Waals surface area contributed by atoms with Crippen LogP contribution in [0.3, 0.4) is 0 Å². The van der Waals surface area contributed by atoms with Gasteiger partial charge in [0.2, 0.25) is 0 Å². The molecule has 0 N–H and O–H groups in total. The van der Waals surface area contributed by atoms with Gasteiger partial charge in [-0.25, -0.2) is 0 Å². The Balaban J connectivity index is 1.53. The zero-order valence-electron chi connectivity index (χ0n) is 14.8. The van der Waals surface area contributed by atoms with E-state index in [1.807, 2.05) is 24.4 Å². The molecule has 0 radical (unpaired) electrons. The van der Waals surface area contributed by atoms with Gasteiger partial charge >= 0.3 is 0 Å². The highest BCUT2D eigenvalue weighted by molar-refractivity contribution is 6.05. The molecule has 0 aromatic heterocycles. The summed E-state index contributed by atoms with van der Waals surface area (Å²) in [5, 5.41) is 9.27. The Morgan fingerprint density at radius 1 is 0.769 bits per heavy atom. The molecular formula is C21H23N5. The summed E-state index contributed by atoms with van der Waals surface area (Å²) in [6.45, 7) is 6.42. The number of hydrogen-bond acceptors (Lipinski definition) is 5. The minimum Gasteiger partial charge on any atom is -0.276 e. The van der Waals surface area contributed by atoms with Crippen LogP contribution in [0.2, 0.25) is 0 Å². The summed E-state index contributed by atoms with van der Waals surface area (Å²) in [7, 11) is 0. The Kier molecular flexibility index (Phi) is 3.93. The van der Waals surface area contributed by atoms with Gasteiger partial charge in [-0.15, -0.1) is 0 Å². The van der Waals surface area contributed by atoms with Crippen LogP contribution in [0.1, 0.15) is 11.1 Å². The van der Waals surface area contributed by atoms with E-state index in [9.17, 15) is 0 Å². The Hall–Kier alpha value is -2.34. The van der Waals surface area contributed by atoms with Crippen molar-refractivity contribution in [2.45, 2.75) is 0 Å². The molecule has 26 heavy (non-hydrogen) atoms. The van der Waals surface area contributed by atoms with Crippen LogP contribution in [0.5, 0.6) is 0 Å². The fourth-order valence-corrected chi connectivity index (χ4v) is 4.70. The fraction of sp³-hybridized carbons (Fsp3) is 0.333. The first-order valence-electron chi connectivity index (χ1n) is 9.20. The highest BCUT2D eigenvalue weighted by Crippen LogP contribution is 2.38. The predicted octanol–water partition coefficient (Wildman–Crippen LogP) is 2.32. The first-order chi connectivity index (χ1) is 12.8. The second kappa shape index (κ2) is 6.43. The van der Waals surface area contributed by atoms with Gasteiger partial charge in [-0.1, -0.05) is 60.7 Å². The summed E-state index contributed by atoms with van der Waals surface area (Å²) >= 11 is 0. The van der Waals surface area contributed by atoms with Gasteiger partial charge in [0, 0.05) is 19.6 Å². The van der Waals surface area contributed by atoms with Crippen molar-refractivity contribution >= 4 is 11.9 Å². The SMILES string of the molecule is C(=N/N=C(c1ccccc1)C12CN3CN(CN(C3)C1)C2)/c1ccccc1. The average molecular weight is 345 g/mol. The number of hydrogen-bond donors (Lipinski definition) is 0. The Labute approximate surface area is 154 Å². The molecule has 5 nitrogen and oxygen atoms in total. The van der Waals surface area contributed by atoms with E-state index < -0.39 is 0 Å². The standard InChI is InChI=1S/C21H23N5/c1-3-7-18(8-4-1)11-22-23-20(19-9-5-2-6-10-19)21-12-24-15-25(13-21)17-26(14-21)16-24/h1-11H,12-17H2/b22-11-,23-20?. The molecule has 2 aromatic rings. The molecule has 0 aliphatic carbocycles. The summed E-state index contributed by atoms with van der Waals surface area (Å²) in [6, 6.07) is 20.7. The fourth-order valence-electron chi connectivity index (χ4n) is 4.70. The lowest BCUT2D eigenvalue weighted by molar-refractivity contribution is -0.149. The quantitative estimate of drug-likeness (QED) is 0.630. The van der Waals surface area contributed by atoms with E-state index in [-0.39, 0.29) is 5.41 Å². The van der Waals surface area contributed by atoms with E-state index in [4.69, 9.17) is 5.10 Å². The predicted molar refractivity (Wildman–Crippen MR) is 104 cm³/mol. The van der Waals surface area contributed by atoms with E-state index in [0.717, 1.165) is 50.9 Å². The molecule has 4 aliphatic heterocycles. The molecule has 2 aromatic carbocycles. The van der Waals surface area contributed by atoms with Crippen LogP contribution in [0.4, 0.5) is 0 Å². The normalized spacial score (nSPS) is 33.1. The maximum atomic E-state index is 4.79. The topological polar surface area (TPSA) is 34.4 Å². The largest absolute Gasteiger partial charge is 0.276 e. The van der Waals surface area contributed by atoms with Crippen molar-refractivity contribution in [3.63, 3.8) is 0 Å². The molecule has 0 amide bonds. The summed E-state index contributed by atoms with van der Waals surface area (Å²) < 4.78 is 0. The van der Waals surface area contributed by atoms with Crippen LogP contribution in [0.25, 0.3) is 0 Å². The molecule has 0 atom stereocenters. The van der Waals surface area contributed by atoms with Crippen molar-refractivity contribution in [3.8, 4) is 0 Å². The second-order valence-electron chi connectivity index (χ2n) is 7.66. The third-order valence-electron chi connectivity index (χ3n) is 5.49. The van der Waals surface area contributed by atoms with E-state index in [1.54, 1.807) is 0 Å². The molecular weight excluding hydrogens is 322 g/mol. The molecule has 4 heterocycles. The van der Waals surface area contributed by atoms with Crippen molar-refractivity contribution in [2.75, 3.05) is 39.6 Å². The molecule has 4 bridgehead atoms. The van der Waals surface area contributed by atoms with E-state index in [1.165, 1.54) is 5.56 Å². The third-order valence-corrected chi connectivity index (χ3v) is 5.49. The number of rotatable bonds is 4. The van der Waals surface area contributed by atoms with Crippen molar-refractivity contribution in [2.24, 2.45) is 15.6 Å². The van der Waals surface area contributed by atoms with E-state index in [2.05, 4.69) is 62.3 Å². The molecule has 0 unspecified atom stereocenters. The summed E-state index contributed by atoms with van der Waals surface area (Å²) in [4.78, 5) is 7.57. The molecule has 6 rings (SSSR count). The molecule has 0 spiro atoms. The van der Waals surface area contributed by atoms with Gasteiger partial charge in [0.05, 0.1) is 37.3 Å². The second-order valence-corrected chi connectivity index (χ2v) is 7.66. The highest BCUT2D eigenvalue weighted by atomic mass is 15.5. The zero-order chi connectivity index (χ0) is 17.4. The zero-order valence-corrected chi connectivity index (χ0v) is 14.8. The lowest BCUT2D eigenvalue weighted by atomic mass is 9.74. The molecule has 4 fully saturated rings. The molecule has 5 heteroatoms. The summed E-state index contributed by atoms with van der Waals surface area (Å²) in [5.74, 6) is 0. The van der Waals surface area contributed by atoms with Crippen LogP contribution >= 0.6 is 0 Å². The molecule has 4 saturated heterocycles. The van der Waals surface area contributed by atoms with Crippen molar-refractivity contribution in [1.29, 1.82) is 0 Å². The Morgan fingerprint density at radius 3 is 1.88 bits per heavy atom. The van der Waals surface area contributed by atoms with Crippen LogP contribution in [-0.4, -0.2) is 66.3 Å². The van der Waals surface area contributed by atoms with Gasteiger partial charge in [0.1, 0.15) is 0 Å². The number of benzene rings is 2. The van der Waals surface area contributed by atoms with Crippen molar-refractivity contribution in [3.05, 3.63) is 71.8 Å². The van der Waals surface area contributed by atoms with Crippen LogP contribution in [0, 0.1) is 5.41 Å².